The fraction of sp³-hybridized carbons (Fsp3) is 0.346. The van der Waals surface area contributed by atoms with Gasteiger partial charge in [-0.1, -0.05) is 24.3 Å². The third-order valence-electron chi connectivity index (χ3n) is 6.79. The number of ether oxygens (including phenoxy) is 1. The van der Waals surface area contributed by atoms with Gasteiger partial charge in [0.05, 0.1) is 12.0 Å². The highest BCUT2D eigenvalue weighted by Crippen LogP contribution is 2.37. The fourth-order valence-electron chi connectivity index (χ4n) is 5.20. The highest BCUT2D eigenvalue weighted by molar-refractivity contribution is 5.99. The molecule has 2 saturated heterocycles. The van der Waals surface area contributed by atoms with Gasteiger partial charge in [0.15, 0.2) is 5.82 Å². The molecule has 2 fully saturated rings. The molecule has 8 nitrogen and oxygen atoms in total. The summed E-state index contributed by atoms with van der Waals surface area (Å²) in [6.07, 6.45) is 4.24. The third-order valence-corrected chi connectivity index (χ3v) is 6.79. The van der Waals surface area contributed by atoms with Crippen LogP contribution in [0, 0.1) is 5.82 Å². The van der Waals surface area contributed by atoms with Gasteiger partial charge in [0.1, 0.15) is 22.8 Å². The Kier molecular flexibility index (Phi) is 5.58. The van der Waals surface area contributed by atoms with E-state index in [1.54, 1.807) is 12.3 Å². The van der Waals surface area contributed by atoms with E-state index in [-0.39, 0.29) is 36.2 Å². The van der Waals surface area contributed by atoms with Crippen LogP contribution >= 0.6 is 0 Å². The molecule has 2 aromatic heterocycles. The first-order valence-electron chi connectivity index (χ1n) is 11.9. The maximum absolute atomic E-state index is 16.1. The van der Waals surface area contributed by atoms with Gasteiger partial charge in [0.25, 0.3) is 0 Å². The van der Waals surface area contributed by atoms with Crippen LogP contribution in [0.1, 0.15) is 19.3 Å². The van der Waals surface area contributed by atoms with Gasteiger partial charge in [0, 0.05) is 50.0 Å². The van der Waals surface area contributed by atoms with E-state index in [9.17, 15) is 5.11 Å². The molecular formula is C26H26FN5O3. The SMILES string of the molecule is OCCCOc1nc(N2C[C@H]3CC[C@@H](C2)N3)c2cnc(-c3cc(O)cc4ccccc34)c(F)c2n1. The summed E-state index contributed by atoms with van der Waals surface area (Å²) in [7, 11) is 0. The van der Waals surface area contributed by atoms with Gasteiger partial charge in [-0.25, -0.2) is 4.39 Å². The van der Waals surface area contributed by atoms with Crippen LogP contribution in [-0.2, 0) is 0 Å². The van der Waals surface area contributed by atoms with Gasteiger partial charge in [-0.3, -0.25) is 4.98 Å². The van der Waals surface area contributed by atoms with E-state index in [1.165, 1.54) is 6.07 Å². The number of nitrogens with zero attached hydrogens (tertiary/aromatic N) is 4. The summed E-state index contributed by atoms with van der Waals surface area (Å²) < 4.78 is 21.8. The van der Waals surface area contributed by atoms with Crippen molar-refractivity contribution in [1.29, 1.82) is 0 Å². The summed E-state index contributed by atoms with van der Waals surface area (Å²) in [4.78, 5) is 15.7. The minimum absolute atomic E-state index is 0.0192. The second-order valence-corrected chi connectivity index (χ2v) is 9.20. The third kappa shape index (κ3) is 4.00. The molecule has 0 saturated carbocycles. The number of halogens is 1. The second-order valence-electron chi connectivity index (χ2n) is 9.20. The topological polar surface area (TPSA) is 104 Å². The predicted octanol–water partition coefficient (Wildman–Crippen LogP) is 3.39. The maximum Gasteiger partial charge on any atom is 0.319 e. The number of benzene rings is 2. The molecule has 180 valence electrons. The smallest absolute Gasteiger partial charge is 0.319 e. The molecule has 0 amide bonds. The Hall–Kier alpha value is -3.56. The molecular weight excluding hydrogens is 449 g/mol. The lowest BCUT2D eigenvalue weighted by atomic mass is 10.0. The number of aliphatic hydroxyl groups excluding tert-OH is 1. The minimum Gasteiger partial charge on any atom is -0.508 e. The van der Waals surface area contributed by atoms with Crippen LogP contribution < -0.4 is 15.0 Å². The number of nitrogens with one attached hydrogen (secondary N) is 1. The first kappa shape index (κ1) is 21.9. The average molecular weight is 476 g/mol. The minimum atomic E-state index is -0.591. The van der Waals surface area contributed by atoms with E-state index in [4.69, 9.17) is 9.84 Å². The van der Waals surface area contributed by atoms with Crippen LogP contribution in [0.4, 0.5) is 10.2 Å². The summed E-state index contributed by atoms with van der Waals surface area (Å²) in [5, 5.41) is 25.1. The largest absolute Gasteiger partial charge is 0.508 e. The van der Waals surface area contributed by atoms with Crippen molar-refractivity contribution in [2.24, 2.45) is 0 Å². The molecule has 6 rings (SSSR count). The van der Waals surface area contributed by atoms with Gasteiger partial charge in [-0.05, 0) is 35.7 Å². The van der Waals surface area contributed by atoms with Crippen molar-refractivity contribution >= 4 is 27.5 Å². The Labute approximate surface area is 201 Å². The highest BCUT2D eigenvalue weighted by Gasteiger charge is 2.34. The van der Waals surface area contributed by atoms with Crippen LogP contribution in [0.3, 0.4) is 0 Å². The maximum atomic E-state index is 16.1. The number of aliphatic hydroxyl groups is 1. The summed E-state index contributed by atoms with van der Waals surface area (Å²) in [6.45, 7) is 1.73. The molecule has 0 spiro atoms. The summed E-state index contributed by atoms with van der Waals surface area (Å²) in [5.74, 6) is 0.0471. The zero-order chi connectivity index (χ0) is 23.9. The molecule has 3 N–H and O–H groups in total. The molecule has 9 heteroatoms. The average Bonchev–Trinajstić information content (AvgIpc) is 3.21. The zero-order valence-corrected chi connectivity index (χ0v) is 19.1. The van der Waals surface area contributed by atoms with Gasteiger partial charge < -0.3 is 25.2 Å². The number of piperazine rings is 1. The first-order valence-corrected chi connectivity index (χ1v) is 11.9. The lowest BCUT2D eigenvalue weighted by Gasteiger charge is -2.34. The number of hydrogen-bond acceptors (Lipinski definition) is 8. The van der Waals surface area contributed by atoms with Crippen molar-refractivity contribution in [2.45, 2.75) is 31.3 Å². The first-order chi connectivity index (χ1) is 17.1. The van der Waals surface area contributed by atoms with Crippen LogP contribution in [0.25, 0.3) is 32.9 Å². The quantitative estimate of drug-likeness (QED) is 0.365. The van der Waals surface area contributed by atoms with Crippen LogP contribution in [0.2, 0.25) is 0 Å². The predicted molar refractivity (Wildman–Crippen MR) is 131 cm³/mol. The second kappa shape index (κ2) is 8.90. The zero-order valence-electron chi connectivity index (χ0n) is 19.1. The van der Waals surface area contributed by atoms with Crippen molar-refractivity contribution in [3.05, 3.63) is 48.4 Å². The lowest BCUT2D eigenvalue weighted by molar-refractivity contribution is 0.224. The molecule has 0 unspecified atom stereocenters. The van der Waals surface area contributed by atoms with Gasteiger partial charge in [-0.2, -0.15) is 9.97 Å². The molecule has 2 bridgehead atoms. The van der Waals surface area contributed by atoms with E-state index in [0.717, 1.165) is 36.7 Å². The van der Waals surface area contributed by atoms with Gasteiger partial charge >= 0.3 is 6.01 Å². The van der Waals surface area contributed by atoms with Gasteiger partial charge in [0.2, 0.25) is 0 Å². The normalized spacial score (nSPS) is 19.5. The van der Waals surface area contributed by atoms with E-state index in [2.05, 4.69) is 25.2 Å². The number of aromatic nitrogens is 3. The number of anilines is 1. The molecule has 4 heterocycles. The van der Waals surface area contributed by atoms with Crippen molar-refractivity contribution < 1.29 is 19.3 Å². The van der Waals surface area contributed by atoms with E-state index in [0.29, 0.717) is 35.3 Å². The Bertz CT molecular complexity index is 1400. The Morgan fingerprint density at radius 3 is 2.69 bits per heavy atom. The number of phenols is 1. The standard InChI is InChI=1S/C26H26FN5O3/c27-22-23(20-11-18(34)10-15-4-1-2-5-19(15)20)28-12-21-24(22)30-26(35-9-3-8-33)31-25(21)32-13-16-6-7-17(14-32)29-16/h1-2,4-5,10-12,16-17,29,33-34H,3,6-9,13-14H2/t16-,17+. The van der Waals surface area contributed by atoms with Crippen LogP contribution in [-0.4, -0.2) is 63.6 Å². The number of aromatic hydroxyl groups is 1. The van der Waals surface area contributed by atoms with E-state index in [1.807, 2.05) is 24.3 Å². The number of phenolic OH excluding ortho intramolecular Hbond substituents is 1. The van der Waals surface area contributed by atoms with Crippen molar-refractivity contribution in [1.82, 2.24) is 20.3 Å². The van der Waals surface area contributed by atoms with Crippen molar-refractivity contribution in [3.8, 4) is 23.0 Å². The van der Waals surface area contributed by atoms with Crippen LogP contribution in [0.15, 0.2) is 42.6 Å². The Balaban J connectivity index is 1.52. The lowest BCUT2D eigenvalue weighted by Crippen LogP contribution is -2.51. The van der Waals surface area contributed by atoms with Crippen molar-refractivity contribution in [2.75, 3.05) is 31.2 Å². The molecule has 0 aliphatic carbocycles. The van der Waals surface area contributed by atoms with Gasteiger partial charge in [-0.15, -0.1) is 0 Å². The molecule has 4 aromatic rings. The Morgan fingerprint density at radius 1 is 1.09 bits per heavy atom. The number of fused-ring (bicyclic) bond motifs is 4. The van der Waals surface area contributed by atoms with Crippen molar-refractivity contribution in [3.63, 3.8) is 0 Å². The molecule has 2 aliphatic heterocycles. The number of rotatable bonds is 6. The summed E-state index contributed by atoms with van der Waals surface area (Å²) >= 11 is 0. The summed E-state index contributed by atoms with van der Waals surface area (Å²) in [6, 6.07) is 11.5. The van der Waals surface area contributed by atoms with E-state index < -0.39 is 5.82 Å². The Morgan fingerprint density at radius 2 is 1.89 bits per heavy atom. The fourth-order valence-corrected chi connectivity index (χ4v) is 5.20. The van der Waals surface area contributed by atoms with Crippen LogP contribution in [0.5, 0.6) is 11.8 Å². The number of pyridine rings is 1. The molecule has 2 atom stereocenters. The highest BCUT2D eigenvalue weighted by atomic mass is 19.1. The van der Waals surface area contributed by atoms with E-state index >= 15 is 4.39 Å². The molecule has 35 heavy (non-hydrogen) atoms. The molecule has 0 radical (unpaired) electrons. The molecule has 2 aromatic carbocycles. The monoisotopic (exact) mass is 475 g/mol. The molecule has 2 aliphatic rings. The summed E-state index contributed by atoms with van der Waals surface area (Å²) in [5.41, 5.74) is 0.719. The number of hydrogen-bond donors (Lipinski definition) is 3.